The van der Waals surface area contributed by atoms with Crippen LogP contribution in [0.2, 0.25) is 0 Å². The van der Waals surface area contributed by atoms with Crippen LogP contribution in [-0.2, 0) is 4.74 Å². The van der Waals surface area contributed by atoms with Gasteiger partial charge in [-0.25, -0.2) is 9.78 Å². The maximum atomic E-state index is 12.6. The van der Waals surface area contributed by atoms with Crippen LogP contribution < -0.4 is 4.74 Å². The fraction of sp³-hybridized carbons (Fsp3) is 0.250. The van der Waals surface area contributed by atoms with Crippen LogP contribution in [0.25, 0.3) is 0 Å². The summed E-state index contributed by atoms with van der Waals surface area (Å²) < 4.78 is 44.6. The van der Waals surface area contributed by atoms with Crippen LogP contribution in [0, 0.1) is 5.95 Å². The van der Waals surface area contributed by atoms with Gasteiger partial charge in [-0.3, -0.25) is 0 Å². The highest BCUT2D eigenvalue weighted by atomic mass is 19.3. The van der Waals surface area contributed by atoms with E-state index in [0.717, 1.165) is 7.11 Å². The van der Waals surface area contributed by atoms with Gasteiger partial charge in [-0.05, 0) is 0 Å². The van der Waals surface area contributed by atoms with E-state index in [2.05, 4.69) is 14.5 Å². The number of esters is 1. The van der Waals surface area contributed by atoms with Crippen molar-refractivity contribution >= 4 is 5.97 Å². The first-order valence-corrected chi connectivity index (χ1v) is 3.73. The van der Waals surface area contributed by atoms with E-state index < -0.39 is 29.8 Å². The lowest BCUT2D eigenvalue weighted by atomic mass is 10.2. The standard InChI is InChI=1S/C8H6F3NO3/c1-14-7(13)4-2-6(9)12-3-5(4)15-8(10)11/h2-3,8H,1H3. The molecule has 0 aromatic carbocycles. The minimum atomic E-state index is -3.12. The minimum Gasteiger partial charge on any atom is -0.465 e. The Bertz CT molecular complexity index is 370. The molecule has 0 spiro atoms. The van der Waals surface area contributed by atoms with Crippen LogP contribution >= 0.6 is 0 Å². The van der Waals surface area contributed by atoms with Crippen LogP contribution in [0.5, 0.6) is 5.75 Å². The average Bonchev–Trinajstić information content (AvgIpc) is 2.19. The molecular formula is C8H6F3NO3. The Morgan fingerprint density at radius 3 is 2.73 bits per heavy atom. The summed E-state index contributed by atoms with van der Waals surface area (Å²) in [4.78, 5) is 14.1. The molecule has 0 unspecified atom stereocenters. The molecule has 15 heavy (non-hydrogen) atoms. The van der Waals surface area contributed by atoms with Crippen molar-refractivity contribution in [2.75, 3.05) is 7.11 Å². The Balaban J connectivity index is 3.08. The summed E-state index contributed by atoms with van der Waals surface area (Å²) in [6.07, 6.45) is 0.688. The Morgan fingerprint density at radius 2 is 2.20 bits per heavy atom. The molecule has 4 nitrogen and oxygen atoms in total. The van der Waals surface area contributed by atoms with Gasteiger partial charge in [0.2, 0.25) is 5.95 Å². The maximum absolute atomic E-state index is 12.6. The molecule has 0 saturated carbocycles. The normalized spacial score (nSPS) is 10.2. The molecule has 1 rings (SSSR count). The summed E-state index contributed by atoms with van der Waals surface area (Å²) >= 11 is 0. The Labute approximate surface area is 82.6 Å². The first-order chi connectivity index (χ1) is 7.04. The summed E-state index contributed by atoms with van der Waals surface area (Å²) in [5.41, 5.74) is -0.440. The third-order valence-corrected chi connectivity index (χ3v) is 1.46. The van der Waals surface area contributed by atoms with E-state index >= 15 is 0 Å². The van der Waals surface area contributed by atoms with Crippen LogP contribution in [0.1, 0.15) is 10.4 Å². The molecule has 0 N–H and O–H groups in total. The van der Waals surface area contributed by atoms with E-state index in [4.69, 9.17) is 0 Å². The lowest BCUT2D eigenvalue weighted by Gasteiger charge is -2.08. The summed E-state index contributed by atoms with van der Waals surface area (Å²) in [6, 6.07) is 0.656. The lowest BCUT2D eigenvalue weighted by molar-refractivity contribution is -0.0507. The molecule has 0 radical (unpaired) electrons. The first kappa shape index (κ1) is 11.3. The minimum absolute atomic E-state index is 0.440. The number of hydrogen-bond acceptors (Lipinski definition) is 4. The van der Waals surface area contributed by atoms with E-state index in [1.807, 2.05) is 0 Å². The van der Waals surface area contributed by atoms with Crippen molar-refractivity contribution in [3.05, 3.63) is 23.8 Å². The number of carbonyl (C=O) groups is 1. The van der Waals surface area contributed by atoms with Gasteiger partial charge >= 0.3 is 12.6 Å². The van der Waals surface area contributed by atoms with Crippen molar-refractivity contribution < 1.29 is 27.4 Å². The molecule has 0 atom stereocenters. The zero-order valence-electron chi connectivity index (χ0n) is 7.54. The van der Waals surface area contributed by atoms with Gasteiger partial charge in [0.1, 0.15) is 5.56 Å². The second-order valence-corrected chi connectivity index (χ2v) is 2.37. The fourth-order valence-corrected chi connectivity index (χ4v) is 0.877. The number of carbonyl (C=O) groups excluding carboxylic acids is 1. The molecule has 1 aromatic heterocycles. The van der Waals surface area contributed by atoms with Crippen LogP contribution in [0.3, 0.4) is 0 Å². The molecule has 82 valence electrons. The summed E-state index contributed by atoms with van der Waals surface area (Å²) in [7, 11) is 1.03. The highest BCUT2D eigenvalue weighted by molar-refractivity contribution is 5.92. The first-order valence-electron chi connectivity index (χ1n) is 3.73. The predicted molar refractivity (Wildman–Crippen MR) is 42.2 cm³/mol. The number of nitrogens with zero attached hydrogens (tertiary/aromatic N) is 1. The predicted octanol–water partition coefficient (Wildman–Crippen LogP) is 1.61. The zero-order valence-corrected chi connectivity index (χ0v) is 7.54. The summed E-state index contributed by atoms with van der Waals surface area (Å²) in [6.45, 7) is -3.12. The van der Waals surface area contributed by atoms with E-state index in [9.17, 15) is 18.0 Å². The molecule has 1 aromatic rings. The zero-order chi connectivity index (χ0) is 11.4. The molecule has 0 aliphatic heterocycles. The van der Waals surface area contributed by atoms with Gasteiger partial charge < -0.3 is 9.47 Å². The molecule has 0 aliphatic carbocycles. The fourth-order valence-electron chi connectivity index (χ4n) is 0.877. The van der Waals surface area contributed by atoms with E-state index in [0.29, 0.717) is 12.3 Å². The smallest absolute Gasteiger partial charge is 0.387 e. The molecule has 0 aliphatic rings. The van der Waals surface area contributed by atoms with E-state index in [1.54, 1.807) is 0 Å². The topological polar surface area (TPSA) is 48.4 Å². The Kier molecular flexibility index (Phi) is 3.48. The van der Waals surface area contributed by atoms with Crippen LogP contribution in [-0.4, -0.2) is 24.7 Å². The van der Waals surface area contributed by atoms with Crippen molar-refractivity contribution in [1.29, 1.82) is 0 Å². The molecule has 7 heteroatoms. The number of aromatic nitrogens is 1. The summed E-state index contributed by atoms with van der Waals surface area (Å²) in [5, 5.41) is 0. The Morgan fingerprint density at radius 1 is 1.53 bits per heavy atom. The number of methoxy groups -OCH3 is 1. The van der Waals surface area contributed by atoms with E-state index in [-0.39, 0.29) is 0 Å². The third-order valence-electron chi connectivity index (χ3n) is 1.46. The quantitative estimate of drug-likeness (QED) is 0.574. The van der Waals surface area contributed by atoms with Crippen molar-refractivity contribution in [3.8, 4) is 5.75 Å². The number of rotatable bonds is 3. The highest BCUT2D eigenvalue weighted by Crippen LogP contribution is 2.20. The second-order valence-electron chi connectivity index (χ2n) is 2.37. The monoisotopic (exact) mass is 221 g/mol. The van der Waals surface area contributed by atoms with Gasteiger partial charge in [0, 0.05) is 6.07 Å². The van der Waals surface area contributed by atoms with Gasteiger partial charge in [-0.15, -0.1) is 0 Å². The number of pyridine rings is 1. The van der Waals surface area contributed by atoms with Crippen molar-refractivity contribution in [2.24, 2.45) is 0 Å². The number of ether oxygens (including phenoxy) is 2. The molecule has 0 bridgehead atoms. The summed E-state index contributed by atoms with van der Waals surface area (Å²) in [5.74, 6) is -2.50. The van der Waals surface area contributed by atoms with Crippen molar-refractivity contribution in [1.82, 2.24) is 4.98 Å². The largest absolute Gasteiger partial charge is 0.465 e. The third kappa shape index (κ3) is 2.83. The number of hydrogen-bond donors (Lipinski definition) is 0. The average molecular weight is 221 g/mol. The van der Waals surface area contributed by atoms with Gasteiger partial charge in [-0.2, -0.15) is 13.2 Å². The molecular weight excluding hydrogens is 215 g/mol. The van der Waals surface area contributed by atoms with Crippen molar-refractivity contribution in [3.63, 3.8) is 0 Å². The molecule has 0 fully saturated rings. The number of halogens is 3. The van der Waals surface area contributed by atoms with Crippen molar-refractivity contribution in [2.45, 2.75) is 6.61 Å². The van der Waals surface area contributed by atoms with Gasteiger partial charge in [0.15, 0.2) is 5.75 Å². The second kappa shape index (κ2) is 4.63. The Hall–Kier alpha value is -1.79. The van der Waals surface area contributed by atoms with Gasteiger partial charge in [-0.1, -0.05) is 0 Å². The highest BCUT2D eigenvalue weighted by Gasteiger charge is 2.17. The van der Waals surface area contributed by atoms with Gasteiger partial charge in [0.05, 0.1) is 13.3 Å². The lowest BCUT2D eigenvalue weighted by Crippen LogP contribution is -2.10. The molecule has 1 heterocycles. The molecule has 0 saturated heterocycles. The van der Waals surface area contributed by atoms with E-state index in [1.165, 1.54) is 0 Å². The number of alkyl halides is 2. The van der Waals surface area contributed by atoms with Crippen LogP contribution in [0.15, 0.2) is 12.3 Å². The SMILES string of the molecule is COC(=O)c1cc(F)ncc1OC(F)F. The van der Waals surface area contributed by atoms with Gasteiger partial charge in [0.25, 0.3) is 0 Å². The van der Waals surface area contributed by atoms with Crippen LogP contribution in [0.4, 0.5) is 13.2 Å². The maximum Gasteiger partial charge on any atom is 0.387 e. The molecule has 0 amide bonds.